The molecule has 104 valence electrons. The molecular formula is C14H17BrO4. The second kappa shape index (κ2) is 4.74. The first-order chi connectivity index (χ1) is 9.17. The monoisotopic (exact) mass is 328 g/mol. The Morgan fingerprint density at radius 3 is 2.32 bits per heavy atom. The SMILES string of the molecule is COc1ccc(C2(C3(CO)COC3)COC2)cc1Br. The van der Waals surface area contributed by atoms with Crippen molar-refractivity contribution in [3.8, 4) is 5.75 Å². The molecule has 0 spiro atoms. The van der Waals surface area contributed by atoms with Crippen LogP contribution in [0.15, 0.2) is 22.7 Å². The zero-order valence-electron chi connectivity index (χ0n) is 10.8. The Bertz CT molecular complexity index is 475. The van der Waals surface area contributed by atoms with E-state index in [9.17, 15) is 5.11 Å². The summed E-state index contributed by atoms with van der Waals surface area (Å²) in [5, 5.41) is 9.80. The summed E-state index contributed by atoms with van der Waals surface area (Å²) in [4.78, 5) is 0. The van der Waals surface area contributed by atoms with E-state index in [4.69, 9.17) is 14.2 Å². The fraction of sp³-hybridized carbons (Fsp3) is 0.571. The first-order valence-electron chi connectivity index (χ1n) is 6.28. The van der Waals surface area contributed by atoms with E-state index < -0.39 is 0 Å². The number of methoxy groups -OCH3 is 1. The number of ether oxygens (including phenoxy) is 3. The van der Waals surface area contributed by atoms with Crippen molar-refractivity contribution in [3.05, 3.63) is 28.2 Å². The molecule has 0 atom stereocenters. The van der Waals surface area contributed by atoms with E-state index in [0.717, 1.165) is 10.2 Å². The largest absolute Gasteiger partial charge is 0.496 e. The lowest BCUT2D eigenvalue weighted by Gasteiger charge is -2.58. The van der Waals surface area contributed by atoms with Gasteiger partial charge in [-0.2, -0.15) is 0 Å². The second-order valence-electron chi connectivity index (χ2n) is 5.36. The van der Waals surface area contributed by atoms with E-state index in [0.29, 0.717) is 26.4 Å². The molecular weight excluding hydrogens is 312 g/mol. The standard InChI is InChI=1S/C14H17BrO4/c1-17-12-3-2-10(4-11(12)15)14(8-19-9-14)13(5-16)6-18-7-13/h2-4,16H,5-9H2,1H3. The Labute approximate surface area is 120 Å². The number of rotatable bonds is 4. The van der Waals surface area contributed by atoms with Gasteiger partial charge in [-0.15, -0.1) is 0 Å². The number of aliphatic hydroxyl groups excluding tert-OH is 1. The fourth-order valence-corrected chi connectivity index (χ4v) is 3.46. The van der Waals surface area contributed by atoms with Gasteiger partial charge in [0, 0.05) is 0 Å². The van der Waals surface area contributed by atoms with Crippen LogP contribution in [-0.4, -0.2) is 45.3 Å². The Kier molecular flexibility index (Phi) is 3.33. The third-order valence-corrected chi connectivity index (χ3v) is 5.10. The van der Waals surface area contributed by atoms with Crippen molar-refractivity contribution in [1.82, 2.24) is 0 Å². The lowest BCUT2D eigenvalue weighted by molar-refractivity contribution is -0.242. The molecule has 4 nitrogen and oxygen atoms in total. The molecule has 1 aromatic carbocycles. The highest BCUT2D eigenvalue weighted by Crippen LogP contribution is 2.52. The molecule has 2 heterocycles. The van der Waals surface area contributed by atoms with E-state index >= 15 is 0 Å². The van der Waals surface area contributed by atoms with Crippen LogP contribution in [0.25, 0.3) is 0 Å². The molecule has 19 heavy (non-hydrogen) atoms. The number of hydrogen-bond donors (Lipinski definition) is 1. The molecule has 2 fully saturated rings. The van der Waals surface area contributed by atoms with Gasteiger partial charge in [0.25, 0.3) is 0 Å². The molecule has 0 amide bonds. The van der Waals surface area contributed by atoms with Crippen molar-refractivity contribution in [2.24, 2.45) is 5.41 Å². The van der Waals surface area contributed by atoms with Crippen LogP contribution in [-0.2, 0) is 14.9 Å². The van der Waals surface area contributed by atoms with Crippen molar-refractivity contribution in [1.29, 1.82) is 0 Å². The molecule has 5 heteroatoms. The van der Waals surface area contributed by atoms with Gasteiger partial charge in [0.1, 0.15) is 5.75 Å². The Morgan fingerprint density at radius 2 is 1.95 bits per heavy atom. The van der Waals surface area contributed by atoms with Crippen LogP contribution in [0.2, 0.25) is 0 Å². The third kappa shape index (κ3) is 1.76. The van der Waals surface area contributed by atoms with Gasteiger partial charge in [-0.1, -0.05) is 6.07 Å². The van der Waals surface area contributed by atoms with Gasteiger partial charge in [-0.3, -0.25) is 0 Å². The van der Waals surface area contributed by atoms with Crippen LogP contribution in [0.3, 0.4) is 0 Å². The van der Waals surface area contributed by atoms with Crippen molar-refractivity contribution in [2.75, 3.05) is 40.1 Å². The molecule has 2 saturated heterocycles. The quantitative estimate of drug-likeness (QED) is 0.914. The maximum atomic E-state index is 9.80. The smallest absolute Gasteiger partial charge is 0.133 e. The summed E-state index contributed by atoms with van der Waals surface area (Å²) in [7, 11) is 1.65. The lowest BCUT2D eigenvalue weighted by atomic mass is 9.57. The first-order valence-corrected chi connectivity index (χ1v) is 7.07. The summed E-state index contributed by atoms with van der Waals surface area (Å²) >= 11 is 3.52. The highest BCUT2D eigenvalue weighted by atomic mass is 79.9. The van der Waals surface area contributed by atoms with Gasteiger partial charge in [0.05, 0.1) is 55.4 Å². The van der Waals surface area contributed by atoms with E-state index in [1.165, 1.54) is 5.56 Å². The normalized spacial score (nSPS) is 23.3. The van der Waals surface area contributed by atoms with E-state index in [-0.39, 0.29) is 17.4 Å². The number of hydrogen-bond acceptors (Lipinski definition) is 4. The fourth-order valence-electron chi connectivity index (χ4n) is 2.92. The lowest BCUT2D eigenvalue weighted by Crippen LogP contribution is -2.68. The molecule has 0 bridgehead atoms. The summed E-state index contributed by atoms with van der Waals surface area (Å²) in [6, 6.07) is 6.07. The number of benzene rings is 1. The van der Waals surface area contributed by atoms with E-state index in [1.54, 1.807) is 7.11 Å². The summed E-state index contributed by atoms with van der Waals surface area (Å²) < 4.78 is 17.0. The second-order valence-corrected chi connectivity index (χ2v) is 6.21. The van der Waals surface area contributed by atoms with E-state index in [1.807, 2.05) is 6.07 Å². The van der Waals surface area contributed by atoms with E-state index in [2.05, 4.69) is 28.1 Å². The van der Waals surface area contributed by atoms with Gasteiger partial charge in [0.2, 0.25) is 0 Å². The van der Waals surface area contributed by atoms with Crippen LogP contribution in [0.1, 0.15) is 5.56 Å². The van der Waals surface area contributed by atoms with Gasteiger partial charge >= 0.3 is 0 Å². The molecule has 0 radical (unpaired) electrons. The molecule has 0 saturated carbocycles. The van der Waals surface area contributed by atoms with Crippen LogP contribution in [0, 0.1) is 5.41 Å². The molecule has 1 N–H and O–H groups in total. The summed E-state index contributed by atoms with van der Waals surface area (Å²) in [5.74, 6) is 0.807. The van der Waals surface area contributed by atoms with Gasteiger partial charge < -0.3 is 19.3 Å². The third-order valence-electron chi connectivity index (χ3n) is 4.48. The van der Waals surface area contributed by atoms with Gasteiger partial charge in [-0.25, -0.2) is 0 Å². The average Bonchev–Trinajstić information content (AvgIpc) is 2.31. The van der Waals surface area contributed by atoms with Gasteiger partial charge in [-0.05, 0) is 33.6 Å². The van der Waals surface area contributed by atoms with Crippen LogP contribution >= 0.6 is 15.9 Å². The number of halogens is 1. The first kappa shape index (κ1) is 13.4. The Hall–Kier alpha value is -0.620. The van der Waals surface area contributed by atoms with Crippen LogP contribution < -0.4 is 4.74 Å². The number of aliphatic hydroxyl groups is 1. The Morgan fingerprint density at radius 1 is 1.26 bits per heavy atom. The minimum absolute atomic E-state index is 0.125. The van der Waals surface area contributed by atoms with Crippen molar-refractivity contribution in [2.45, 2.75) is 5.41 Å². The highest BCUT2D eigenvalue weighted by molar-refractivity contribution is 9.10. The zero-order chi connectivity index (χ0) is 13.5. The minimum Gasteiger partial charge on any atom is -0.496 e. The maximum absolute atomic E-state index is 9.80. The predicted octanol–water partition coefficient (Wildman–Crippen LogP) is 1.73. The summed E-state index contributed by atoms with van der Waals surface area (Å²) in [6.07, 6.45) is 0. The average molecular weight is 329 g/mol. The van der Waals surface area contributed by atoms with Crippen molar-refractivity contribution >= 4 is 15.9 Å². The topological polar surface area (TPSA) is 47.9 Å². The van der Waals surface area contributed by atoms with Crippen molar-refractivity contribution in [3.63, 3.8) is 0 Å². The summed E-state index contributed by atoms with van der Waals surface area (Å²) in [5.41, 5.74) is 0.817. The molecule has 3 rings (SSSR count). The predicted molar refractivity (Wildman–Crippen MR) is 73.5 cm³/mol. The minimum atomic E-state index is -0.209. The molecule has 0 unspecified atom stereocenters. The highest BCUT2D eigenvalue weighted by Gasteiger charge is 2.60. The molecule has 1 aromatic rings. The molecule has 2 aliphatic heterocycles. The molecule has 2 aliphatic rings. The molecule has 0 aliphatic carbocycles. The zero-order valence-corrected chi connectivity index (χ0v) is 12.4. The van der Waals surface area contributed by atoms with Crippen molar-refractivity contribution < 1.29 is 19.3 Å². The molecule has 0 aromatic heterocycles. The Balaban J connectivity index is 2.00. The van der Waals surface area contributed by atoms with Crippen LogP contribution in [0.5, 0.6) is 5.75 Å². The summed E-state index contributed by atoms with van der Waals surface area (Å²) in [6.45, 7) is 2.58. The maximum Gasteiger partial charge on any atom is 0.133 e. The van der Waals surface area contributed by atoms with Crippen LogP contribution in [0.4, 0.5) is 0 Å². The van der Waals surface area contributed by atoms with Gasteiger partial charge in [0.15, 0.2) is 0 Å².